The van der Waals surface area contributed by atoms with Gasteiger partial charge in [0.15, 0.2) is 0 Å². The van der Waals surface area contributed by atoms with Crippen LogP contribution in [0.25, 0.3) is 0 Å². The molecule has 0 N–H and O–H groups in total. The van der Waals surface area contributed by atoms with Crippen molar-refractivity contribution < 1.29 is 22.0 Å². The zero-order valence-electron chi connectivity index (χ0n) is 7.72. The number of halogens is 5. The summed E-state index contributed by atoms with van der Waals surface area (Å²) in [5.41, 5.74) is -2.91. The van der Waals surface area contributed by atoms with Crippen LogP contribution in [0.15, 0.2) is 12.1 Å². The Morgan fingerprint density at radius 3 is 2.38 bits per heavy atom. The lowest BCUT2D eigenvalue weighted by Gasteiger charge is -2.11. The SMILES string of the molecule is N#CCc1ccc(C(F)(F)F)c(C(F)F)n1. The first-order valence-electron chi connectivity index (χ1n) is 4.08. The number of aromatic nitrogens is 1. The average molecular weight is 236 g/mol. The molecule has 86 valence electrons. The molecular formula is C9H5F5N2. The maximum absolute atomic E-state index is 12.3. The molecule has 1 aromatic rings. The zero-order chi connectivity index (χ0) is 12.3. The Hall–Kier alpha value is -1.71. The predicted octanol–water partition coefficient (Wildman–Crippen LogP) is 3.10. The van der Waals surface area contributed by atoms with E-state index >= 15 is 0 Å². The van der Waals surface area contributed by atoms with E-state index in [1.807, 2.05) is 0 Å². The fourth-order valence-corrected chi connectivity index (χ4v) is 1.10. The van der Waals surface area contributed by atoms with Gasteiger partial charge in [-0.2, -0.15) is 18.4 Å². The summed E-state index contributed by atoms with van der Waals surface area (Å²) in [4.78, 5) is 3.14. The molecule has 0 aliphatic rings. The molecule has 1 heterocycles. The number of pyridine rings is 1. The van der Waals surface area contributed by atoms with Crippen molar-refractivity contribution in [1.82, 2.24) is 4.98 Å². The minimum Gasteiger partial charge on any atom is -0.250 e. The van der Waals surface area contributed by atoms with Gasteiger partial charge in [0.25, 0.3) is 6.43 Å². The molecule has 0 amide bonds. The second kappa shape index (κ2) is 4.43. The van der Waals surface area contributed by atoms with Gasteiger partial charge in [-0.3, -0.25) is 4.98 Å². The summed E-state index contributed by atoms with van der Waals surface area (Å²) in [5.74, 6) is 0. The largest absolute Gasteiger partial charge is 0.418 e. The van der Waals surface area contributed by atoms with E-state index in [9.17, 15) is 22.0 Å². The lowest BCUT2D eigenvalue weighted by atomic mass is 10.1. The average Bonchev–Trinajstić information content (AvgIpc) is 2.16. The summed E-state index contributed by atoms with van der Waals surface area (Å²) in [6, 6.07) is 3.05. The fourth-order valence-electron chi connectivity index (χ4n) is 1.10. The van der Waals surface area contributed by atoms with Crippen LogP contribution in [0.5, 0.6) is 0 Å². The minimum absolute atomic E-state index is 0.106. The van der Waals surface area contributed by atoms with Crippen molar-refractivity contribution in [2.45, 2.75) is 19.0 Å². The van der Waals surface area contributed by atoms with E-state index in [1.54, 1.807) is 6.07 Å². The van der Waals surface area contributed by atoms with Crippen LogP contribution in [-0.4, -0.2) is 4.98 Å². The molecule has 0 spiro atoms. The quantitative estimate of drug-likeness (QED) is 0.740. The number of hydrogen-bond donors (Lipinski definition) is 0. The molecule has 0 atom stereocenters. The van der Waals surface area contributed by atoms with E-state index in [4.69, 9.17) is 5.26 Å². The van der Waals surface area contributed by atoms with Crippen LogP contribution >= 0.6 is 0 Å². The minimum atomic E-state index is -4.87. The second-order valence-corrected chi connectivity index (χ2v) is 2.87. The molecule has 2 nitrogen and oxygen atoms in total. The third kappa shape index (κ3) is 2.66. The molecule has 0 saturated carbocycles. The predicted molar refractivity (Wildman–Crippen MR) is 43.5 cm³/mol. The van der Waals surface area contributed by atoms with Gasteiger partial charge in [0.1, 0.15) is 5.69 Å². The molecule has 0 aliphatic heterocycles. The molecule has 0 aliphatic carbocycles. The van der Waals surface area contributed by atoms with Crippen molar-refractivity contribution >= 4 is 0 Å². The maximum atomic E-state index is 12.3. The Balaban J connectivity index is 3.26. The van der Waals surface area contributed by atoms with Gasteiger partial charge < -0.3 is 0 Å². The van der Waals surface area contributed by atoms with Crippen molar-refractivity contribution in [1.29, 1.82) is 5.26 Å². The van der Waals surface area contributed by atoms with Gasteiger partial charge >= 0.3 is 6.18 Å². The molecule has 1 rings (SSSR count). The summed E-state index contributed by atoms with van der Waals surface area (Å²) < 4.78 is 61.5. The number of alkyl halides is 5. The van der Waals surface area contributed by atoms with E-state index in [-0.39, 0.29) is 12.1 Å². The van der Waals surface area contributed by atoms with Gasteiger partial charge in [0, 0.05) is 0 Å². The smallest absolute Gasteiger partial charge is 0.250 e. The molecule has 1 aromatic heterocycles. The first-order chi connectivity index (χ1) is 7.36. The zero-order valence-corrected chi connectivity index (χ0v) is 7.72. The van der Waals surface area contributed by atoms with E-state index in [0.29, 0.717) is 6.07 Å². The molecule has 0 fully saturated rings. The molecule has 0 unspecified atom stereocenters. The standard InChI is InChI=1S/C9H5F5N2/c10-8(11)7-6(9(12,13)14)2-1-5(16-7)3-4-15/h1-2,8H,3H2. The van der Waals surface area contributed by atoms with E-state index < -0.39 is 23.9 Å². The van der Waals surface area contributed by atoms with Crippen molar-refractivity contribution in [3.8, 4) is 6.07 Å². The number of nitrogens with zero attached hydrogens (tertiary/aromatic N) is 2. The number of nitriles is 1. The van der Waals surface area contributed by atoms with Gasteiger partial charge in [0.05, 0.1) is 23.7 Å². The lowest BCUT2D eigenvalue weighted by molar-refractivity contribution is -0.139. The van der Waals surface area contributed by atoms with Crippen LogP contribution in [0.4, 0.5) is 22.0 Å². The van der Waals surface area contributed by atoms with Gasteiger partial charge in [0.2, 0.25) is 0 Å². The third-order valence-corrected chi connectivity index (χ3v) is 1.75. The van der Waals surface area contributed by atoms with E-state index in [2.05, 4.69) is 4.98 Å². The summed E-state index contributed by atoms with van der Waals surface area (Å²) in [5, 5.41) is 8.28. The highest BCUT2D eigenvalue weighted by molar-refractivity contribution is 5.27. The van der Waals surface area contributed by atoms with Gasteiger partial charge in [-0.1, -0.05) is 0 Å². The Morgan fingerprint density at radius 2 is 1.94 bits per heavy atom. The monoisotopic (exact) mass is 236 g/mol. The van der Waals surface area contributed by atoms with Crippen LogP contribution < -0.4 is 0 Å². The van der Waals surface area contributed by atoms with Gasteiger partial charge in [-0.15, -0.1) is 0 Å². The molecule has 0 saturated heterocycles. The van der Waals surface area contributed by atoms with Crippen molar-refractivity contribution in [3.63, 3.8) is 0 Å². The Labute approximate surface area is 87.3 Å². The highest BCUT2D eigenvalue weighted by Crippen LogP contribution is 2.35. The normalized spacial score (nSPS) is 11.6. The van der Waals surface area contributed by atoms with Crippen molar-refractivity contribution in [3.05, 3.63) is 29.1 Å². The second-order valence-electron chi connectivity index (χ2n) is 2.87. The molecule has 16 heavy (non-hydrogen) atoms. The van der Waals surface area contributed by atoms with Gasteiger partial charge in [-0.25, -0.2) is 8.78 Å². The Morgan fingerprint density at radius 1 is 1.31 bits per heavy atom. The van der Waals surface area contributed by atoms with E-state index in [0.717, 1.165) is 6.07 Å². The summed E-state index contributed by atoms with van der Waals surface area (Å²) in [6.45, 7) is 0. The summed E-state index contributed by atoms with van der Waals surface area (Å²) >= 11 is 0. The Bertz CT molecular complexity index is 419. The van der Waals surface area contributed by atoms with Gasteiger partial charge in [-0.05, 0) is 12.1 Å². The Kier molecular flexibility index (Phi) is 3.42. The van der Waals surface area contributed by atoms with E-state index in [1.165, 1.54) is 0 Å². The van der Waals surface area contributed by atoms with Crippen LogP contribution in [0.2, 0.25) is 0 Å². The molecule has 0 radical (unpaired) electrons. The molecule has 0 bridgehead atoms. The fraction of sp³-hybridized carbons (Fsp3) is 0.333. The third-order valence-electron chi connectivity index (χ3n) is 1.75. The number of hydrogen-bond acceptors (Lipinski definition) is 2. The maximum Gasteiger partial charge on any atom is 0.418 e. The van der Waals surface area contributed by atoms with Crippen molar-refractivity contribution in [2.24, 2.45) is 0 Å². The van der Waals surface area contributed by atoms with Crippen LogP contribution in [0.1, 0.15) is 23.4 Å². The van der Waals surface area contributed by atoms with Crippen LogP contribution in [-0.2, 0) is 12.6 Å². The summed E-state index contributed by atoms with van der Waals surface area (Å²) in [7, 11) is 0. The van der Waals surface area contributed by atoms with Crippen LogP contribution in [0.3, 0.4) is 0 Å². The molecule has 0 aromatic carbocycles. The lowest BCUT2D eigenvalue weighted by Crippen LogP contribution is -2.12. The molecule has 7 heteroatoms. The highest BCUT2D eigenvalue weighted by Gasteiger charge is 2.36. The topological polar surface area (TPSA) is 36.7 Å². The van der Waals surface area contributed by atoms with Crippen LogP contribution in [0, 0.1) is 11.3 Å². The highest BCUT2D eigenvalue weighted by atomic mass is 19.4. The number of rotatable bonds is 2. The molecular weight excluding hydrogens is 231 g/mol. The summed E-state index contributed by atoms with van der Waals surface area (Å²) in [6.07, 6.45) is -8.50. The van der Waals surface area contributed by atoms with Crippen molar-refractivity contribution in [2.75, 3.05) is 0 Å². The first kappa shape index (κ1) is 12.4. The first-order valence-corrected chi connectivity index (χ1v) is 4.08.